The van der Waals surface area contributed by atoms with Crippen LogP contribution in [-0.4, -0.2) is 28.6 Å². The third-order valence-electron chi connectivity index (χ3n) is 5.35. The van der Waals surface area contributed by atoms with Crippen LogP contribution in [0.4, 0.5) is 27.8 Å². The first-order chi connectivity index (χ1) is 15.4. The highest BCUT2D eigenvalue weighted by Gasteiger charge is 2.35. The highest BCUT2D eigenvalue weighted by molar-refractivity contribution is 6.36. The van der Waals surface area contributed by atoms with Crippen LogP contribution < -0.4 is 10.5 Å². The molecule has 4 nitrogen and oxygen atoms in total. The Hall–Kier alpha value is -2.65. The van der Waals surface area contributed by atoms with Crippen molar-refractivity contribution in [3.8, 4) is 17.1 Å². The highest BCUT2D eigenvalue weighted by atomic mass is 35.5. The lowest BCUT2D eigenvalue weighted by atomic mass is 10.1. The van der Waals surface area contributed by atoms with Crippen molar-refractivity contribution in [2.75, 3.05) is 18.0 Å². The molecule has 0 amide bonds. The van der Waals surface area contributed by atoms with Gasteiger partial charge in [-0.25, -0.2) is 13.8 Å². The van der Waals surface area contributed by atoms with E-state index in [1.165, 1.54) is 24.3 Å². The Morgan fingerprint density at radius 3 is 2.15 bits per heavy atom. The molecular formula is C22H16Cl2F5N3O. The molecule has 1 aromatic heterocycles. The van der Waals surface area contributed by atoms with Crippen molar-refractivity contribution >= 4 is 29.0 Å². The predicted octanol–water partition coefficient (Wildman–Crippen LogP) is 6.46. The smallest absolute Gasteiger partial charge is 0.356 e. The Morgan fingerprint density at radius 1 is 0.939 bits per heavy atom. The summed E-state index contributed by atoms with van der Waals surface area (Å²) in [5.74, 6) is -2.55. The van der Waals surface area contributed by atoms with Crippen molar-refractivity contribution in [3.05, 3.63) is 74.5 Å². The molecule has 0 aliphatic carbocycles. The van der Waals surface area contributed by atoms with E-state index in [1.54, 1.807) is 4.90 Å². The standard InChI is InChI=1S/C22H16Cl2F5N3O/c23-14-3-6-16(17(24)11-14)20-30-18(31-9-7-21(25,26)8-10-31)12-19(33)32(20)15-4-1-13(2-5-15)22(27,28)29/h1-6,11-12H,7-10H2. The highest BCUT2D eigenvalue weighted by Crippen LogP contribution is 2.34. The lowest BCUT2D eigenvalue weighted by molar-refractivity contribution is -0.137. The first-order valence-corrected chi connectivity index (χ1v) is 10.6. The van der Waals surface area contributed by atoms with Gasteiger partial charge in [0.25, 0.3) is 11.5 Å². The van der Waals surface area contributed by atoms with Crippen molar-refractivity contribution < 1.29 is 22.0 Å². The van der Waals surface area contributed by atoms with Gasteiger partial charge in [0.2, 0.25) is 0 Å². The fraction of sp³-hybridized carbons (Fsp3) is 0.273. The number of halogens is 7. The molecular weight excluding hydrogens is 488 g/mol. The van der Waals surface area contributed by atoms with Gasteiger partial charge in [0.1, 0.15) is 5.82 Å². The first kappa shape index (κ1) is 23.5. The molecule has 0 unspecified atom stereocenters. The molecule has 0 saturated carbocycles. The summed E-state index contributed by atoms with van der Waals surface area (Å²) in [5, 5.41) is 0.499. The molecule has 4 rings (SSSR count). The van der Waals surface area contributed by atoms with Gasteiger partial charge in [-0.1, -0.05) is 23.2 Å². The minimum absolute atomic E-state index is 0.00246. The number of hydrogen-bond donors (Lipinski definition) is 0. The third kappa shape index (κ3) is 4.99. The van der Waals surface area contributed by atoms with Crippen LogP contribution in [0.1, 0.15) is 18.4 Å². The number of benzene rings is 2. The quantitative estimate of drug-likeness (QED) is 0.385. The van der Waals surface area contributed by atoms with Crippen LogP contribution in [0.3, 0.4) is 0 Å². The Bertz CT molecular complexity index is 1230. The predicted molar refractivity (Wildman–Crippen MR) is 117 cm³/mol. The Kier molecular flexibility index (Phi) is 6.13. The van der Waals surface area contributed by atoms with Crippen molar-refractivity contribution in [2.45, 2.75) is 24.9 Å². The number of piperidine rings is 1. The summed E-state index contributed by atoms with van der Waals surface area (Å²) < 4.78 is 67.2. The van der Waals surface area contributed by atoms with E-state index in [0.717, 1.165) is 28.8 Å². The summed E-state index contributed by atoms with van der Waals surface area (Å²) >= 11 is 12.3. The van der Waals surface area contributed by atoms with Crippen LogP contribution in [-0.2, 0) is 6.18 Å². The average Bonchev–Trinajstić information content (AvgIpc) is 2.73. The van der Waals surface area contributed by atoms with Gasteiger partial charge in [0.15, 0.2) is 5.82 Å². The summed E-state index contributed by atoms with van der Waals surface area (Å²) in [6.45, 7) is -0.00491. The lowest BCUT2D eigenvalue weighted by Crippen LogP contribution is -2.40. The second-order valence-corrected chi connectivity index (χ2v) is 8.47. The van der Waals surface area contributed by atoms with Crippen molar-refractivity contribution in [1.29, 1.82) is 0 Å². The van der Waals surface area contributed by atoms with E-state index in [9.17, 15) is 26.7 Å². The van der Waals surface area contributed by atoms with Gasteiger partial charge in [-0.05, 0) is 42.5 Å². The summed E-state index contributed by atoms with van der Waals surface area (Å²) in [6, 6.07) is 9.69. The van der Waals surface area contributed by atoms with Crippen LogP contribution in [0.5, 0.6) is 0 Å². The Labute approximate surface area is 195 Å². The largest absolute Gasteiger partial charge is 0.416 e. The molecule has 2 aromatic carbocycles. The van der Waals surface area contributed by atoms with Crippen molar-refractivity contribution in [1.82, 2.24) is 9.55 Å². The molecule has 3 aromatic rings. The van der Waals surface area contributed by atoms with Gasteiger partial charge >= 0.3 is 6.18 Å². The summed E-state index contributed by atoms with van der Waals surface area (Å²) in [6.07, 6.45) is -5.30. The van der Waals surface area contributed by atoms with Gasteiger partial charge < -0.3 is 4.90 Å². The molecule has 1 saturated heterocycles. The van der Waals surface area contributed by atoms with Crippen LogP contribution in [0.2, 0.25) is 10.0 Å². The molecule has 0 N–H and O–H groups in total. The zero-order chi connectivity index (χ0) is 24.0. The number of aromatic nitrogens is 2. The van der Waals surface area contributed by atoms with E-state index < -0.39 is 23.2 Å². The number of nitrogens with zero attached hydrogens (tertiary/aromatic N) is 3. The van der Waals surface area contributed by atoms with Gasteiger partial charge in [0, 0.05) is 42.6 Å². The van der Waals surface area contributed by atoms with Crippen LogP contribution >= 0.6 is 23.2 Å². The molecule has 11 heteroatoms. The summed E-state index contributed by atoms with van der Waals surface area (Å²) in [7, 11) is 0. The number of alkyl halides is 5. The zero-order valence-corrected chi connectivity index (χ0v) is 18.4. The number of anilines is 1. The van der Waals surface area contributed by atoms with Crippen LogP contribution in [0, 0.1) is 0 Å². The average molecular weight is 504 g/mol. The van der Waals surface area contributed by atoms with E-state index in [4.69, 9.17) is 23.2 Å². The summed E-state index contributed by atoms with van der Waals surface area (Å²) in [4.78, 5) is 19.2. The molecule has 1 aliphatic heterocycles. The molecule has 0 radical (unpaired) electrons. The molecule has 1 aliphatic rings. The van der Waals surface area contributed by atoms with Gasteiger partial charge in [0.05, 0.1) is 16.3 Å². The molecule has 0 atom stereocenters. The second kappa shape index (κ2) is 8.61. The molecule has 0 bridgehead atoms. The van der Waals surface area contributed by atoms with E-state index in [1.807, 2.05) is 0 Å². The summed E-state index contributed by atoms with van der Waals surface area (Å²) in [5.41, 5.74) is -1.03. The van der Waals surface area contributed by atoms with E-state index >= 15 is 0 Å². The number of hydrogen-bond acceptors (Lipinski definition) is 3. The minimum Gasteiger partial charge on any atom is -0.356 e. The molecule has 174 valence electrons. The fourth-order valence-electron chi connectivity index (χ4n) is 3.60. The van der Waals surface area contributed by atoms with E-state index in [-0.39, 0.29) is 48.3 Å². The minimum atomic E-state index is -4.54. The van der Waals surface area contributed by atoms with Gasteiger partial charge in [-0.15, -0.1) is 0 Å². The molecule has 2 heterocycles. The van der Waals surface area contributed by atoms with E-state index in [0.29, 0.717) is 10.6 Å². The fourth-order valence-corrected chi connectivity index (χ4v) is 4.09. The zero-order valence-electron chi connectivity index (χ0n) is 16.8. The normalized spacial score (nSPS) is 16.2. The Balaban J connectivity index is 1.86. The third-order valence-corrected chi connectivity index (χ3v) is 5.90. The number of rotatable bonds is 3. The maximum atomic E-state index is 13.6. The van der Waals surface area contributed by atoms with Gasteiger partial charge in [-0.3, -0.25) is 9.36 Å². The van der Waals surface area contributed by atoms with Crippen molar-refractivity contribution in [2.24, 2.45) is 0 Å². The molecule has 33 heavy (non-hydrogen) atoms. The maximum absolute atomic E-state index is 13.6. The molecule has 0 spiro atoms. The molecule has 1 fully saturated rings. The maximum Gasteiger partial charge on any atom is 0.416 e. The van der Waals surface area contributed by atoms with Crippen LogP contribution in [0.15, 0.2) is 53.3 Å². The lowest BCUT2D eigenvalue weighted by Gasteiger charge is -2.32. The first-order valence-electron chi connectivity index (χ1n) is 9.84. The van der Waals surface area contributed by atoms with E-state index in [2.05, 4.69) is 4.98 Å². The van der Waals surface area contributed by atoms with Crippen molar-refractivity contribution in [3.63, 3.8) is 0 Å². The van der Waals surface area contributed by atoms with Gasteiger partial charge in [-0.2, -0.15) is 13.2 Å². The topological polar surface area (TPSA) is 38.1 Å². The SMILES string of the molecule is O=c1cc(N2CCC(F)(F)CC2)nc(-c2ccc(Cl)cc2Cl)n1-c1ccc(C(F)(F)F)cc1. The Morgan fingerprint density at radius 2 is 1.58 bits per heavy atom. The monoisotopic (exact) mass is 503 g/mol. The van der Waals surface area contributed by atoms with Crippen LogP contribution in [0.25, 0.3) is 17.1 Å². The second-order valence-electron chi connectivity index (χ2n) is 7.62.